The van der Waals surface area contributed by atoms with Crippen molar-refractivity contribution < 1.29 is 4.74 Å². The van der Waals surface area contributed by atoms with Crippen molar-refractivity contribution in [2.24, 2.45) is 0 Å². The zero-order chi connectivity index (χ0) is 8.48. The average molecular weight is 155 g/mol. The van der Waals surface area contributed by atoms with Crippen LogP contribution in [-0.4, -0.2) is 30.2 Å². The monoisotopic (exact) mass is 155 g/mol. The van der Waals surface area contributed by atoms with Gasteiger partial charge in [-0.05, 0) is 20.8 Å². The molecule has 2 nitrogen and oxygen atoms in total. The highest BCUT2D eigenvalue weighted by atomic mass is 16.5. The molecule has 1 aliphatic heterocycles. The molecule has 1 heterocycles. The number of ether oxygens (including phenoxy) is 1. The third-order valence-electron chi connectivity index (χ3n) is 1.97. The highest BCUT2D eigenvalue weighted by Gasteiger charge is 2.26. The van der Waals surface area contributed by atoms with E-state index in [1.165, 1.54) is 0 Å². The van der Waals surface area contributed by atoms with E-state index in [-0.39, 0.29) is 5.60 Å². The molecule has 0 N–H and O–H groups in total. The van der Waals surface area contributed by atoms with E-state index in [4.69, 9.17) is 4.74 Å². The maximum atomic E-state index is 5.56. The van der Waals surface area contributed by atoms with E-state index in [2.05, 4.69) is 25.3 Å². The van der Waals surface area contributed by atoms with Gasteiger partial charge in [-0.1, -0.05) is 6.58 Å². The van der Waals surface area contributed by atoms with Gasteiger partial charge in [0.15, 0.2) is 0 Å². The zero-order valence-electron chi connectivity index (χ0n) is 7.68. The van der Waals surface area contributed by atoms with Crippen LogP contribution in [0.25, 0.3) is 0 Å². The van der Waals surface area contributed by atoms with E-state index in [1.807, 2.05) is 6.92 Å². The molecule has 0 unspecified atom stereocenters. The smallest absolute Gasteiger partial charge is 0.0801 e. The van der Waals surface area contributed by atoms with E-state index >= 15 is 0 Å². The first-order valence-corrected chi connectivity index (χ1v) is 4.06. The predicted molar refractivity (Wildman–Crippen MR) is 46.4 cm³/mol. The Balaban J connectivity index is 2.53. The number of allylic oxidation sites excluding steroid dienone is 1. The standard InChI is InChI=1S/C9H17NO/c1-8(2)10-5-6-11-9(3,4)7-10/h1,5-7H2,2-4H3. The van der Waals surface area contributed by atoms with Crippen LogP contribution in [0.2, 0.25) is 0 Å². The Bertz CT molecular complexity index is 163. The lowest BCUT2D eigenvalue weighted by Crippen LogP contribution is -2.47. The molecular weight excluding hydrogens is 138 g/mol. The van der Waals surface area contributed by atoms with E-state index < -0.39 is 0 Å². The fourth-order valence-electron chi connectivity index (χ4n) is 1.34. The third kappa shape index (κ3) is 2.22. The lowest BCUT2D eigenvalue weighted by molar-refractivity contribution is -0.0765. The van der Waals surface area contributed by atoms with Crippen LogP contribution in [-0.2, 0) is 4.74 Å². The normalized spacial score (nSPS) is 23.4. The van der Waals surface area contributed by atoms with Gasteiger partial charge in [-0.3, -0.25) is 0 Å². The molecular formula is C9H17NO. The number of hydrogen-bond acceptors (Lipinski definition) is 2. The van der Waals surface area contributed by atoms with Gasteiger partial charge in [-0.15, -0.1) is 0 Å². The predicted octanol–water partition coefficient (Wildman–Crippen LogP) is 1.63. The first-order valence-electron chi connectivity index (χ1n) is 4.06. The molecule has 0 saturated carbocycles. The number of morpholine rings is 1. The molecule has 64 valence electrons. The largest absolute Gasteiger partial charge is 0.372 e. The molecule has 1 saturated heterocycles. The molecule has 0 atom stereocenters. The summed E-state index contributed by atoms with van der Waals surface area (Å²) in [6, 6.07) is 0. The molecule has 11 heavy (non-hydrogen) atoms. The highest BCUT2D eigenvalue weighted by molar-refractivity contribution is 4.93. The van der Waals surface area contributed by atoms with E-state index in [1.54, 1.807) is 0 Å². The summed E-state index contributed by atoms with van der Waals surface area (Å²) in [6.07, 6.45) is 0. The Kier molecular flexibility index (Phi) is 2.23. The number of nitrogens with zero attached hydrogens (tertiary/aromatic N) is 1. The van der Waals surface area contributed by atoms with Crippen LogP contribution in [0.4, 0.5) is 0 Å². The van der Waals surface area contributed by atoms with Crippen molar-refractivity contribution >= 4 is 0 Å². The second kappa shape index (κ2) is 2.86. The van der Waals surface area contributed by atoms with Gasteiger partial charge < -0.3 is 9.64 Å². The van der Waals surface area contributed by atoms with Gasteiger partial charge in [0.2, 0.25) is 0 Å². The summed E-state index contributed by atoms with van der Waals surface area (Å²) >= 11 is 0. The molecule has 0 aromatic rings. The average Bonchev–Trinajstić information content (AvgIpc) is 1.85. The van der Waals surface area contributed by atoms with Crippen LogP contribution in [0.15, 0.2) is 12.3 Å². The Morgan fingerprint density at radius 3 is 2.55 bits per heavy atom. The molecule has 1 fully saturated rings. The first kappa shape index (κ1) is 8.60. The van der Waals surface area contributed by atoms with Crippen molar-refractivity contribution in [2.45, 2.75) is 26.4 Å². The quantitative estimate of drug-likeness (QED) is 0.570. The molecule has 0 bridgehead atoms. The molecule has 0 amide bonds. The van der Waals surface area contributed by atoms with Gasteiger partial charge >= 0.3 is 0 Å². The van der Waals surface area contributed by atoms with Crippen molar-refractivity contribution in [3.63, 3.8) is 0 Å². The van der Waals surface area contributed by atoms with E-state index in [9.17, 15) is 0 Å². The molecule has 1 rings (SSSR count). The van der Waals surface area contributed by atoms with Crippen molar-refractivity contribution in [3.8, 4) is 0 Å². The fraction of sp³-hybridized carbons (Fsp3) is 0.778. The van der Waals surface area contributed by atoms with Crippen LogP contribution in [0, 0.1) is 0 Å². The van der Waals surface area contributed by atoms with E-state index in [0.29, 0.717) is 0 Å². The molecule has 0 aromatic carbocycles. The Morgan fingerprint density at radius 2 is 2.18 bits per heavy atom. The summed E-state index contributed by atoms with van der Waals surface area (Å²) in [4.78, 5) is 2.27. The first-order chi connectivity index (χ1) is 5.01. The summed E-state index contributed by atoms with van der Waals surface area (Å²) < 4.78 is 5.56. The Labute approximate surface area is 68.8 Å². The van der Waals surface area contributed by atoms with Gasteiger partial charge in [0, 0.05) is 18.8 Å². The van der Waals surface area contributed by atoms with Crippen molar-refractivity contribution in [1.29, 1.82) is 0 Å². The van der Waals surface area contributed by atoms with Crippen LogP contribution >= 0.6 is 0 Å². The van der Waals surface area contributed by atoms with Crippen molar-refractivity contribution in [1.82, 2.24) is 4.90 Å². The minimum atomic E-state index is -0.00278. The SMILES string of the molecule is C=C(C)N1CCOC(C)(C)C1. The van der Waals surface area contributed by atoms with Gasteiger partial charge in [0.1, 0.15) is 0 Å². The highest BCUT2D eigenvalue weighted by Crippen LogP contribution is 2.18. The van der Waals surface area contributed by atoms with Gasteiger partial charge in [0.05, 0.1) is 12.2 Å². The van der Waals surface area contributed by atoms with Gasteiger partial charge in [-0.2, -0.15) is 0 Å². The van der Waals surface area contributed by atoms with Crippen LogP contribution in [0.5, 0.6) is 0 Å². The molecule has 0 radical (unpaired) electrons. The summed E-state index contributed by atoms with van der Waals surface area (Å²) in [5, 5.41) is 0. The molecule has 2 heteroatoms. The third-order valence-corrected chi connectivity index (χ3v) is 1.97. The minimum absolute atomic E-state index is 0.00278. The zero-order valence-corrected chi connectivity index (χ0v) is 7.68. The second-order valence-electron chi connectivity index (χ2n) is 3.76. The number of rotatable bonds is 1. The molecule has 1 aliphatic rings. The fourth-order valence-corrected chi connectivity index (χ4v) is 1.34. The summed E-state index contributed by atoms with van der Waals surface area (Å²) in [7, 11) is 0. The van der Waals surface area contributed by atoms with Gasteiger partial charge in [-0.25, -0.2) is 0 Å². The van der Waals surface area contributed by atoms with Crippen LogP contribution < -0.4 is 0 Å². The van der Waals surface area contributed by atoms with Crippen molar-refractivity contribution in [2.75, 3.05) is 19.7 Å². The Hall–Kier alpha value is -0.500. The molecule has 0 spiro atoms. The van der Waals surface area contributed by atoms with Crippen LogP contribution in [0.3, 0.4) is 0 Å². The second-order valence-corrected chi connectivity index (χ2v) is 3.76. The Morgan fingerprint density at radius 1 is 1.55 bits per heavy atom. The summed E-state index contributed by atoms with van der Waals surface area (Å²) in [5.74, 6) is 0. The summed E-state index contributed by atoms with van der Waals surface area (Å²) in [6.45, 7) is 12.9. The minimum Gasteiger partial charge on any atom is -0.372 e. The summed E-state index contributed by atoms with van der Waals surface area (Å²) in [5.41, 5.74) is 1.14. The lowest BCUT2D eigenvalue weighted by Gasteiger charge is -2.39. The van der Waals surface area contributed by atoms with E-state index in [0.717, 1.165) is 25.4 Å². The maximum Gasteiger partial charge on any atom is 0.0801 e. The topological polar surface area (TPSA) is 12.5 Å². The van der Waals surface area contributed by atoms with Gasteiger partial charge in [0.25, 0.3) is 0 Å². The van der Waals surface area contributed by atoms with Crippen LogP contribution in [0.1, 0.15) is 20.8 Å². The van der Waals surface area contributed by atoms with Crippen molar-refractivity contribution in [3.05, 3.63) is 12.3 Å². The lowest BCUT2D eigenvalue weighted by atomic mass is 10.1. The maximum absolute atomic E-state index is 5.56. The molecule has 0 aromatic heterocycles. The number of hydrogen-bond donors (Lipinski definition) is 0. The molecule has 0 aliphatic carbocycles.